The van der Waals surface area contributed by atoms with Crippen LogP contribution in [0.25, 0.3) is 0 Å². The number of thioether (sulfide) groups is 1. The van der Waals surface area contributed by atoms with Gasteiger partial charge in [0.15, 0.2) is 0 Å². The molecule has 0 aromatic carbocycles. The number of carbonyl (C=O) groups is 1. The first-order valence-corrected chi connectivity index (χ1v) is 9.28. The van der Waals surface area contributed by atoms with E-state index in [-0.39, 0.29) is 0 Å². The van der Waals surface area contributed by atoms with Gasteiger partial charge in [0.2, 0.25) is 5.91 Å². The van der Waals surface area contributed by atoms with Gasteiger partial charge in [0.1, 0.15) is 0 Å². The zero-order valence-corrected chi connectivity index (χ0v) is 13.6. The molecule has 1 heterocycles. The first-order chi connectivity index (χ1) is 9.25. The Labute approximate surface area is 123 Å². The van der Waals surface area contributed by atoms with Crippen molar-refractivity contribution in [3.05, 3.63) is 0 Å². The van der Waals surface area contributed by atoms with Crippen LogP contribution in [0.4, 0.5) is 0 Å². The van der Waals surface area contributed by atoms with Crippen LogP contribution in [0.5, 0.6) is 0 Å². The zero-order valence-electron chi connectivity index (χ0n) is 12.8. The number of carbonyl (C=O) groups excluding carboxylic acids is 1. The predicted octanol–water partition coefficient (Wildman–Crippen LogP) is 4.48. The van der Waals surface area contributed by atoms with E-state index in [1.165, 1.54) is 56.5 Å². The molecule has 0 bridgehead atoms. The van der Waals surface area contributed by atoms with E-state index in [1.807, 2.05) is 0 Å². The molecule has 1 atom stereocenters. The Morgan fingerprint density at radius 2 is 1.79 bits per heavy atom. The fourth-order valence-electron chi connectivity index (χ4n) is 2.62. The smallest absolute Gasteiger partial charge is 0.222 e. The summed E-state index contributed by atoms with van der Waals surface area (Å²) >= 11 is 2.09. The Bertz CT molecular complexity index is 245. The van der Waals surface area contributed by atoms with Gasteiger partial charge >= 0.3 is 0 Å². The molecule has 1 rings (SSSR count). The highest BCUT2D eigenvalue weighted by atomic mass is 32.2. The fraction of sp³-hybridized carbons (Fsp3) is 0.938. The van der Waals surface area contributed by atoms with E-state index in [0.29, 0.717) is 11.9 Å². The summed E-state index contributed by atoms with van der Waals surface area (Å²) in [5.41, 5.74) is 0. The molecule has 0 aliphatic carbocycles. The minimum Gasteiger partial charge on any atom is -0.340 e. The molecule has 0 saturated carbocycles. The number of unbranched alkanes of at least 4 members (excludes halogenated alkanes) is 5. The normalized spacial score (nSPS) is 19.4. The van der Waals surface area contributed by atoms with E-state index >= 15 is 0 Å². The highest BCUT2D eigenvalue weighted by Gasteiger charge is 2.26. The minimum atomic E-state index is 0.371. The molecule has 0 aromatic heterocycles. The van der Waals surface area contributed by atoms with Crippen molar-refractivity contribution in [2.45, 2.75) is 77.7 Å². The number of nitrogens with zero attached hydrogens (tertiary/aromatic N) is 1. The third-order valence-electron chi connectivity index (χ3n) is 3.96. The van der Waals surface area contributed by atoms with E-state index in [0.717, 1.165) is 19.4 Å². The summed E-state index contributed by atoms with van der Waals surface area (Å²) in [6.07, 6.45) is 11.2. The SMILES string of the molecule is CCCCCCCSCCCCN1C(=O)CCC1C. The lowest BCUT2D eigenvalue weighted by Crippen LogP contribution is -2.31. The van der Waals surface area contributed by atoms with E-state index in [9.17, 15) is 4.79 Å². The average Bonchev–Trinajstić information content (AvgIpc) is 2.72. The van der Waals surface area contributed by atoms with Crippen LogP contribution >= 0.6 is 11.8 Å². The molecule has 1 fully saturated rings. The molecule has 112 valence electrons. The summed E-state index contributed by atoms with van der Waals surface area (Å²) < 4.78 is 0. The van der Waals surface area contributed by atoms with Crippen LogP contribution in [0.2, 0.25) is 0 Å². The van der Waals surface area contributed by atoms with Crippen LogP contribution in [-0.4, -0.2) is 34.9 Å². The number of rotatable bonds is 11. The van der Waals surface area contributed by atoms with Crippen molar-refractivity contribution in [1.82, 2.24) is 4.90 Å². The van der Waals surface area contributed by atoms with Crippen molar-refractivity contribution in [2.75, 3.05) is 18.1 Å². The first-order valence-electron chi connectivity index (χ1n) is 8.13. The molecule has 1 aliphatic rings. The van der Waals surface area contributed by atoms with Crippen molar-refractivity contribution in [3.8, 4) is 0 Å². The van der Waals surface area contributed by atoms with Gasteiger partial charge in [-0.3, -0.25) is 4.79 Å². The maximum absolute atomic E-state index is 11.6. The maximum Gasteiger partial charge on any atom is 0.222 e. The third kappa shape index (κ3) is 7.24. The monoisotopic (exact) mass is 285 g/mol. The lowest BCUT2D eigenvalue weighted by molar-refractivity contribution is -0.128. The van der Waals surface area contributed by atoms with Gasteiger partial charge in [-0.25, -0.2) is 0 Å². The molecular weight excluding hydrogens is 254 g/mol. The van der Waals surface area contributed by atoms with E-state index in [2.05, 4.69) is 30.5 Å². The van der Waals surface area contributed by atoms with Crippen LogP contribution < -0.4 is 0 Å². The van der Waals surface area contributed by atoms with Gasteiger partial charge in [-0.2, -0.15) is 11.8 Å². The van der Waals surface area contributed by atoms with Crippen LogP contribution in [0, 0.1) is 0 Å². The van der Waals surface area contributed by atoms with Crippen LogP contribution in [-0.2, 0) is 4.79 Å². The molecule has 0 aromatic rings. The van der Waals surface area contributed by atoms with Crippen molar-refractivity contribution in [3.63, 3.8) is 0 Å². The summed E-state index contributed by atoms with van der Waals surface area (Å²) in [4.78, 5) is 13.7. The standard InChI is InChI=1S/C16H31NOS/c1-3-4-5-6-8-13-19-14-9-7-12-17-15(2)10-11-16(17)18/h15H,3-14H2,1-2H3. The van der Waals surface area contributed by atoms with Gasteiger partial charge in [0.25, 0.3) is 0 Å². The molecule has 1 saturated heterocycles. The first kappa shape index (κ1) is 16.9. The molecule has 0 radical (unpaired) electrons. The number of hydrogen-bond acceptors (Lipinski definition) is 2. The van der Waals surface area contributed by atoms with Gasteiger partial charge in [-0.15, -0.1) is 0 Å². The maximum atomic E-state index is 11.6. The van der Waals surface area contributed by atoms with Gasteiger partial charge in [0, 0.05) is 19.0 Å². The highest BCUT2D eigenvalue weighted by Crippen LogP contribution is 2.19. The number of amides is 1. The Morgan fingerprint density at radius 3 is 2.42 bits per heavy atom. The summed E-state index contributed by atoms with van der Waals surface area (Å²) in [5.74, 6) is 2.96. The second-order valence-electron chi connectivity index (χ2n) is 5.71. The van der Waals surface area contributed by atoms with Crippen molar-refractivity contribution < 1.29 is 4.79 Å². The van der Waals surface area contributed by atoms with Crippen LogP contribution in [0.1, 0.15) is 71.6 Å². The van der Waals surface area contributed by atoms with Crippen LogP contribution in [0.3, 0.4) is 0 Å². The quantitative estimate of drug-likeness (QED) is 0.522. The van der Waals surface area contributed by atoms with E-state index in [1.54, 1.807) is 0 Å². The van der Waals surface area contributed by atoms with E-state index < -0.39 is 0 Å². The topological polar surface area (TPSA) is 20.3 Å². The van der Waals surface area contributed by atoms with Gasteiger partial charge in [0.05, 0.1) is 0 Å². The third-order valence-corrected chi connectivity index (χ3v) is 5.11. The molecule has 19 heavy (non-hydrogen) atoms. The highest BCUT2D eigenvalue weighted by molar-refractivity contribution is 7.99. The molecule has 3 heteroatoms. The molecule has 1 amide bonds. The van der Waals surface area contributed by atoms with E-state index in [4.69, 9.17) is 0 Å². The molecule has 1 unspecified atom stereocenters. The predicted molar refractivity (Wildman–Crippen MR) is 85.7 cm³/mol. The summed E-state index contributed by atoms with van der Waals surface area (Å²) in [7, 11) is 0. The van der Waals surface area contributed by atoms with Gasteiger partial charge in [-0.1, -0.05) is 32.6 Å². The van der Waals surface area contributed by atoms with Crippen molar-refractivity contribution in [1.29, 1.82) is 0 Å². The molecule has 1 aliphatic heterocycles. The molecular formula is C16H31NOS. The number of hydrogen-bond donors (Lipinski definition) is 0. The van der Waals surface area contributed by atoms with Crippen molar-refractivity contribution in [2.24, 2.45) is 0 Å². The lowest BCUT2D eigenvalue weighted by Gasteiger charge is -2.21. The molecule has 2 nitrogen and oxygen atoms in total. The Kier molecular flexibility index (Phi) is 9.40. The Morgan fingerprint density at radius 1 is 1.11 bits per heavy atom. The van der Waals surface area contributed by atoms with Gasteiger partial charge < -0.3 is 4.90 Å². The Balaban J connectivity index is 1.85. The number of likely N-dealkylation sites (tertiary alicyclic amines) is 1. The largest absolute Gasteiger partial charge is 0.340 e. The average molecular weight is 285 g/mol. The molecule has 0 spiro atoms. The van der Waals surface area contributed by atoms with Crippen LogP contribution in [0.15, 0.2) is 0 Å². The second-order valence-corrected chi connectivity index (χ2v) is 6.93. The summed E-state index contributed by atoms with van der Waals surface area (Å²) in [6, 6.07) is 0.485. The van der Waals surface area contributed by atoms with Gasteiger partial charge in [-0.05, 0) is 44.1 Å². The lowest BCUT2D eigenvalue weighted by atomic mass is 10.2. The summed E-state index contributed by atoms with van der Waals surface area (Å²) in [6.45, 7) is 5.42. The Hall–Kier alpha value is -0.180. The zero-order chi connectivity index (χ0) is 13.9. The summed E-state index contributed by atoms with van der Waals surface area (Å²) in [5, 5.41) is 0. The minimum absolute atomic E-state index is 0.371. The second kappa shape index (κ2) is 10.6. The fourth-order valence-corrected chi connectivity index (χ4v) is 3.64. The van der Waals surface area contributed by atoms with Crippen molar-refractivity contribution >= 4 is 17.7 Å². The molecule has 0 N–H and O–H groups in total.